The molecule has 0 saturated carbocycles. The summed E-state index contributed by atoms with van der Waals surface area (Å²) in [6.07, 6.45) is 2.36. The van der Waals surface area contributed by atoms with Crippen LogP contribution in [0.1, 0.15) is 47.2 Å². The molecule has 170 valence electrons. The molecule has 0 spiro atoms. The lowest BCUT2D eigenvalue weighted by Gasteiger charge is -2.29. The van der Waals surface area contributed by atoms with E-state index in [4.69, 9.17) is 4.74 Å². The normalized spacial score (nSPS) is 19.4. The average molecular weight is 447 g/mol. The number of carbonyl (C=O) groups excluding carboxylic acids is 4. The fourth-order valence-electron chi connectivity index (χ4n) is 4.83. The summed E-state index contributed by atoms with van der Waals surface area (Å²) in [5.41, 5.74) is 3.46. The highest BCUT2D eigenvalue weighted by Crippen LogP contribution is 2.34. The number of ether oxygens (including phenoxy) is 1. The Morgan fingerprint density at radius 3 is 2.76 bits per heavy atom. The van der Waals surface area contributed by atoms with E-state index in [2.05, 4.69) is 11.4 Å². The second-order valence-corrected chi connectivity index (χ2v) is 8.56. The molecule has 3 aliphatic heterocycles. The van der Waals surface area contributed by atoms with Crippen LogP contribution in [0.2, 0.25) is 0 Å². The number of hydrogen-bond acceptors (Lipinski definition) is 5. The van der Waals surface area contributed by atoms with Crippen molar-refractivity contribution in [3.8, 4) is 5.75 Å². The number of amides is 4. The number of para-hydroxylation sites is 1. The molecular formula is C25H25N3O5. The third-order valence-corrected chi connectivity index (χ3v) is 6.52. The molecule has 8 heteroatoms. The minimum absolute atomic E-state index is 0.0843. The molecular weight excluding hydrogens is 422 g/mol. The predicted octanol–water partition coefficient (Wildman–Crippen LogP) is 2.20. The zero-order chi connectivity index (χ0) is 22.9. The maximum absolute atomic E-state index is 12.9. The lowest BCUT2D eigenvalue weighted by atomic mass is 10.0. The van der Waals surface area contributed by atoms with Crippen LogP contribution in [-0.2, 0) is 27.3 Å². The summed E-state index contributed by atoms with van der Waals surface area (Å²) in [5, 5.41) is 2.31. The quantitative estimate of drug-likeness (QED) is 0.541. The zero-order valence-corrected chi connectivity index (χ0v) is 18.2. The Hall–Kier alpha value is -3.68. The van der Waals surface area contributed by atoms with Crippen molar-refractivity contribution in [1.82, 2.24) is 10.2 Å². The molecule has 0 aliphatic carbocycles. The van der Waals surface area contributed by atoms with Crippen molar-refractivity contribution in [2.45, 2.75) is 44.7 Å². The van der Waals surface area contributed by atoms with Gasteiger partial charge in [-0.2, -0.15) is 0 Å². The highest BCUT2D eigenvalue weighted by Gasteiger charge is 2.40. The van der Waals surface area contributed by atoms with Gasteiger partial charge in [0, 0.05) is 36.2 Å². The van der Waals surface area contributed by atoms with E-state index in [1.807, 2.05) is 23.1 Å². The molecule has 1 fully saturated rings. The van der Waals surface area contributed by atoms with E-state index >= 15 is 0 Å². The minimum atomic E-state index is -0.656. The number of anilines is 1. The van der Waals surface area contributed by atoms with Crippen LogP contribution >= 0.6 is 0 Å². The van der Waals surface area contributed by atoms with Crippen molar-refractivity contribution in [3.05, 3.63) is 59.2 Å². The number of rotatable bonds is 6. The lowest BCUT2D eigenvalue weighted by molar-refractivity contribution is -0.137. The van der Waals surface area contributed by atoms with Gasteiger partial charge in [-0.25, -0.2) is 0 Å². The average Bonchev–Trinajstić information content (AvgIpc) is 3.39. The summed E-state index contributed by atoms with van der Waals surface area (Å²) in [6, 6.07) is 12.6. The molecule has 0 bridgehead atoms. The van der Waals surface area contributed by atoms with Gasteiger partial charge in [0.15, 0.2) is 0 Å². The molecule has 2 aromatic carbocycles. The monoisotopic (exact) mass is 447 g/mol. The Bertz CT molecular complexity index is 1140. The van der Waals surface area contributed by atoms with E-state index in [9.17, 15) is 19.2 Å². The summed E-state index contributed by atoms with van der Waals surface area (Å²) in [6.45, 7) is 1.33. The van der Waals surface area contributed by atoms with Crippen molar-refractivity contribution >= 4 is 29.3 Å². The molecule has 0 radical (unpaired) electrons. The third-order valence-electron chi connectivity index (χ3n) is 6.52. The molecule has 2 aromatic rings. The van der Waals surface area contributed by atoms with Gasteiger partial charge in [0.05, 0.1) is 13.2 Å². The predicted molar refractivity (Wildman–Crippen MR) is 120 cm³/mol. The van der Waals surface area contributed by atoms with E-state index in [1.54, 1.807) is 18.2 Å². The SMILES string of the molecule is O=C1CCC(N2Cc3c(OCCCC(=O)N4CCc5ccccc54)cccc3C2=O)C(=O)N1. The smallest absolute Gasteiger partial charge is 0.255 e. The first-order valence-electron chi connectivity index (χ1n) is 11.3. The Labute approximate surface area is 191 Å². The number of nitrogens with one attached hydrogen (secondary N) is 1. The second kappa shape index (κ2) is 8.69. The summed E-state index contributed by atoms with van der Waals surface area (Å²) >= 11 is 0. The Balaban J connectivity index is 1.18. The van der Waals surface area contributed by atoms with Gasteiger partial charge in [-0.1, -0.05) is 24.3 Å². The minimum Gasteiger partial charge on any atom is -0.493 e. The summed E-state index contributed by atoms with van der Waals surface area (Å²) in [7, 11) is 0. The van der Waals surface area contributed by atoms with E-state index in [-0.39, 0.29) is 30.7 Å². The molecule has 1 saturated heterocycles. The van der Waals surface area contributed by atoms with Gasteiger partial charge in [0.2, 0.25) is 17.7 Å². The van der Waals surface area contributed by atoms with E-state index in [0.717, 1.165) is 17.7 Å². The first kappa shape index (κ1) is 21.2. The number of benzene rings is 2. The number of hydrogen-bond donors (Lipinski definition) is 1. The molecule has 3 aliphatic rings. The van der Waals surface area contributed by atoms with Crippen LogP contribution < -0.4 is 15.0 Å². The van der Waals surface area contributed by atoms with E-state index < -0.39 is 11.9 Å². The van der Waals surface area contributed by atoms with Gasteiger partial charge >= 0.3 is 0 Å². The summed E-state index contributed by atoms with van der Waals surface area (Å²) < 4.78 is 5.95. The topological polar surface area (TPSA) is 96.0 Å². The van der Waals surface area contributed by atoms with Crippen LogP contribution in [0, 0.1) is 0 Å². The number of carbonyl (C=O) groups is 4. The van der Waals surface area contributed by atoms with Crippen molar-refractivity contribution < 1.29 is 23.9 Å². The molecule has 5 rings (SSSR count). The van der Waals surface area contributed by atoms with Crippen molar-refractivity contribution in [2.24, 2.45) is 0 Å². The molecule has 1 N–H and O–H groups in total. The lowest BCUT2D eigenvalue weighted by Crippen LogP contribution is -2.52. The molecule has 1 atom stereocenters. The van der Waals surface area contributed by atoms with Crippen LogP contribution in [0.15, 0.2) is 42.5 Å². The largest absolute Gasteiger partial charge is 0.493 e. The van der Waals surface area contributed by atoms with Crippen LogP contribution in [0.5, 0.6) is 5.75 Å². The number of nitrogens with zero attached hydrogens (tertiary/aromatic N) is 2. The Kier molecular flexibility index (Phi) is 5.58. The Morgan fingerprint density at radius 1 is 1.06 bits per heavy atom. The molecule has 4 amide bonds. The second-order valence-electron chi connectivity index (χ2n) is 8.56. The fourth-order valence-corrected chi connectivity index (χ4v) is 4.83. The van der Waals surface area contributed by atoms with Crippen LogP contribution in [0.25, 0.3) is 0 Å². The van der Waals surface area contributed by atoms with Crippen molar-refractivity contribution in [3.63, 3.8) is 0 Å². The van der Waals surface area contributed by atoms with Gasteiger partial charge in [-0.3, -0.25) is 24.5 Å². The highest BCUT2D eigenvalue weighted by molar-refractivity contribution is 6.05. The number of imide groups is 1. The summed E-state index contributed by atoms with van der Waals surface area (Å²) in [4.78, 5) is 52.6. The maximum atomic E-state index is 12.9. The molecule has 1 unspecified atom stereocenters. The van der Waals surface area contributed by atoms with Crippen molar-refractivity contribution in [1.29, 1.82) is 0 Å². The van der Waals surface area contributed by atoms with Gasteiger partial charge < -0.3 is 14.5 Å². The van der Waals surface area contributed by atoms with Crippen LogP contribution in [0.4, 0.5) is 5.69 Å². The van der Waals surface area contributed by atoms with Gasteiger partial charge in [0.1, 0.15) is 11.8 Å². The van der Waals surface area contributed by atoms with Crippen molar-refractivity contribution in [2.75, 3.05) is 18.1 Å². The first-order valence-corrected chi connectivity index (χ1v) is 11.3. The highest BCUT2D eigenvalue weighted by atomic mass is 16.5. The summed E-state index contributed by atoms with van der Waals surface area (Å²) in [5.74, 6) is -0.295. The standard InChI is InChI=1S/C25H25N3O5/c29-22-11-10-20(24(31)26-22)28-15-18-17(25(28)32)6-3-8-21(18)33-14-4-9-23(30)27-13-12-16-5-1-2-7-19(16)27/h1-3,5-8,20H,4,9-15H2,(H,26,29,31). The Morgan fingerprint density at radius 2 is 1.91 bits per heavy atom. The molecule has 33 heavy (non-hydrogen) atoms. The van der Waals surface area contributed by atoms with Crippen LogP contribution in [-0.4, -0.2) is 47.7 Å². The number of piperidine rings is 1. The molecule has 3 heterocycles. The van der Waals surface area contributed by atoms with Gasteiger partial charge in [-0.05, 0) is 43.0 Å². The van der Waals surface area contributed by atoms with Gasteiger partial charge in [-0.15, -0.1) is 0 Å². The van der Waals surface area contributed by atoms with Crippen LogP contribution in [0.3, 0.4) is 0 Å². The van der Waals surface area contributed by atoms with E-state index in [1.165, 1.54) is 10.5 Å². The molecule has 8 nitrogen and oxygen atoms in total. The number of fused-ring (bicyclic) bond motifs is 2. The third kappa shape index (κ3) is 3.97. The zero-order valence-electron chi connectivity index (χ0n) is 18.2. The van der Waals surface area contributed by atoms with Gasteiger partial charge in [0.25, 0.3) is 5.91 Å². The fraction of sp³-hybridized carbons (Fsp3) is 0.360. The first-order chi connectivity index (χ1) is 16.0. The molecule has 0 aromatic heterocycles. The maximum Gasteiger partial charge on any atom is 0.255 e. The van der Waals surface area contributed by atoms with E-state index in [0.29, 0.717) is 43.7 Å².